The summed E-state index contributed by atoms with van der Waals surface area (Å²) in [5, 5.41) is 3.28. The van der Waals surface area contributed by atoms with Gasteiger partial charge in [0, 0.05) is 30.9 Å². The third-order valence-corrected chi connectivity index (χ3v) is 3.79. The van der Waals surface area contributed by atoms with Crippen LogP contribution in [0, 0.1) is 6.92 Å². The Morgan fingerprint density at radius 1 is 1.55 bits per heavy atom. The Morgan fingerprint density at radius 2 is 2.27 bits per heavy atom. The molecule has 2 rings (SSSR count). The molecular weight excluding hydrogens is 304 g/mol. The molecule has 22 heavy (non-hydrogen) atoms. The van der Waals surface area contributed by atoms with Crippen molar-refractivity contribution in [2.45, 2.75) is 52.2 Å². The summed E-state index contributed by atoms with van der Waals surface area (Å²) in [6.45, 7) is 8.77. The second kappa shape index (κ2) is 6.69. The lowest BCUT2D eigenvalue weighted by atomic mass is 10.2. The van der Waals surface area contributed by atoms with E-state index in [9.17, 15) is 4.79 Å². The molecule has 0 aliphatic carbocycles. The van der Waals surface area contributed by atoms with Crippen molar-refractivity contribution in [2.75, 3.05) is 18.0 Å². The van der Waals surface area contributed by atoms with E-state index in [-0.39, 0.29) is 6.04 Å². The van der Waals surface area contributed by atoms with Crippen LogP contribution in [0.2, 0.25) is 5.15 Å². The minimum absolute atomic E-state index is 0.159. The summed E-state index contributed by atoms with van der Waals surface area (Å²) in [4.78, 5) is 22.5. The molecule has 1 amide bonds. The first-order chi connectivity index (χ1) is 10.3. The molecule has 0 radical (unpaired) electrons. The van der Waals surface area contributed by atoms with E-state index in [1.807, 2.05) is 27.7 Å². The molecule has 0 saturated carbocycles. The van der Waals surface area contributed by atoms with Gasteiger partial charge in [-0.15, -0.1) is 0 Å². The highest BCUT2D eigenvalue weighted by Gasteiger charge is 2.28. The third kappa shape index (κ3) is 4.47. The van der Waals surface area contributed by atoms with Gasteiger partial charge in [0.05, 0.1) is 0 Å². The third-order valence-electron chi connectivity index (χ3n) is 3.41. The number of amides is 1. The van der Waals surface area contributed by atoms with E-state index in [0.717, 1.165) is 24.9 Å². The molecule has 0 unspecified atom stereocenters. The number of aromatic nitrogens is 2. The number of nitrogens with zero attached hydrogens (tertiary/aromatic N) is 3. The van der Waals surface area contributed by atoms with Crippen molar-refractivity contribution < 1.29 is 9.53 Å². The van der Waals surface area contributed by atoms with Crippen LogP contribution in [-0.4, -0.2) is 40.8 Å². The van der Waals surface area contributed by atoms with Crippen LogP contribution in [0.15, 0.2) is 6.20 Å². The van der Waals surface area contributed by atoms with Gasteiger partial charge in [-0.25, -0.2) is 14.8 Å². The van der Waals surface area contributed by atoms with Crippen molar-refractivity contribution in [2.24, 2.45) is 0 Å². The van der Waals surface area contributed by atoms with E-state index in [2.05, 4.69) is 20.2 Å². The Kier molecular flexibility index (Phi) is 5.11. The van der Waals surface area contributed by atoms with Crippen LogP contribution in [0.1, 0.15) is 39.2 Å². The summed E-state index contributed by atoms with van der Waals surface area (Å²) in [6.07, 6.45) is 3.34. The zero-order valence-corrected chi connectivity index (χ0v) is 14.3. The zero-order chi connectivity index (χ0) is 16.3. The second-order valence-corrected chi connectivity index (χ2v) is 6.87. The Balaban J connectivity index is 1.96. The largest absolute Gasteiger partial charge is 0.444 e. The fourth-order valence-electron chi connectivity index (χ4n) is 2.38. The molecule has 1 fully saturated rings. The fraction of sp³-hybridized carbons (Fsp3) is 0.667. The number of anilines is 1. The molecule has 1 aliphatic heterocycles. The van der Waals surface area contributed by atoms with Gasteiger partial charge in [-0.05, 0) is 40.5 Å². The number of nitrogens with one attached hydrogen (secondary N) is 1. The molecule has 1 atom stereocenters. The molecule has 1 saturated heterocycles. The van der Waals surface area contributed by atoms with E-state index in [1.165, 1.54) is 0 Å². The van der Waals surface area contributed by atoms with E-state index in [4.69, 9.17) is 16.3 Å². The summed E-state index contributed by atoms with van der Waals surface area (Å²) >= 11 is 6.07. The molecule has 2 heterocycles. The van der Waals surface area contributed by atoms with Crippen molar-refractivity contribution in [1.29, 1.82) is 0 Å². The molecule has 6 nitrogen and oxygen atoms in total. The molecule has 122 valence electrons. The van der Waals surface area contributed by atoms with Crippen molar-refractivity contribution in [3.8, 4) is 0 Å². The summed E-state index contributed by atoms with van der Waals surface area (Å²) in [7, 11) is 0. The van der Waals surface area contributed by atoms with Gasteiger partial charge >= 0.3 is 6.09 Å². The van der Waals surface area contributed by atoms with Gasteiger partial charge in [0.15, 0.2) is 0 Å². The summed E-state index contributed by atoms with van der Waals surface area (Å²) < 4.78 is 5.25. The minimum atomic E-state index is -0.493. The van der Waals surface area contributed by atoms with Crippen LogP contribution < -0.4 is 10.2 Å². The number of alkyl carbamates (subject to hydrolysis) is 1. The van der Waals surface area contributed by atoms with Crippen LogP contribution in [0.25, 0.3) is 0 Å². The standard InChI is InChI=1S/C15H23ClN4O2/c1-10-8-17-13(19-12(10)16)20-7-5-6-11(20)9-18-14(21)22-15(2,3)4/h8,11H,5-7,9H2,1-4H3,(H,18,21)/t11-/m0/s1. The van der Waals surface area contributed by atoms with E-state index >= 15 is 0 Å². The lowest BCUT2D eigenvalue weighted by Crippen LogP contribution is -2.42. The monoisotopic (exact) mass is 326 g/mol. The Bertz CT molecular complexity index is 545. The number of halogens is 1. The number of ether oxygens (including phenoxy) is 1. The average molecular weight is 327 g/mol. The maximum atomic E-state index is 11.8. The summed E-state index contributed by atoms with van der Waals surface area (Å²) in [5.41, 5.74) is 0.362. The van der Waals surface area contributed by atoms with Crippen molar-refractivity contribution in [1.82, 2.24) is 15.3 Å². The van der Waals surface area contributed by atoms with Gasteiger partial charge in [0.1, 0.15) is 10.8 Å². The topological polar surface area (TPSA) is 67.4 Å². The normalized spacial score (nSPS) is 18.4. The number of hydrogen-bond donors (Lipinski definition) is 1. The molecule has 1 aromatic rings. The fourth-order valence-corrected chi connectivity index (χ4v) is 2.50. The van der Waals surface area contributed by atoms with Crippen LogP contribution in [0.4, 0.5) is 10.7 Å². The molecule has 7 heteroatoms. The molecule has 1 aromatic heterocycles. The van der Waals surface area contributed by atoms with Gasteiger partial charge in [-0.3, -0.25) is 0 Å². The summed E-state index contributed by atoms with van der Waals surface area (Å²) in [5.74, 6) is 0.615. The Hall–Kier alpha value is -1.56. The van der Waals surface area contributed by atoms with E-state index in [0.29, 0.717) is 17.6 Å². The van der Waals surface area contributed by atoms with Crippen LogP contribution in [-0.2, 0) is 4.74 Å². The van der Waals surface area contributed by atoms with Crippen molar-refractivity contribution in [3.05, 3.63) is 16.9 Å². The van der Waals surface area contributed by atoms with Crippen LogP contribution in [0.3, 0.4) is 0 Å². The Morgan fingerprint density at radius 3 is 2.91 bits per heavy atom. The van der Waals surface area contributed by atoms with E-state index in [1.54, 1.807) is 6.20 Å². The van der Waals surface area contributed by atoms with Gasteiger partial charge in [0.2, 0.25) is 5.95 Å². The SMILES string of the molecule is Cc1cnc(N2CCC[C@H]2CNC(=O)OC(C)(C)C)nc1Cl. The smallest absolute Gasteiger partial charge is 0.407 e. The first-order valence-corrected chi connectivity index (χ1v) is 7.87. The average Bonchev–Trinajstić information content (AvgIpc) is 2.86. The molecule has 0 aromatic carbocycles. The number of rotatable bonds is 3. The van der Waals surface area contributed by atoms with Gasteiger partial charge < -0.3 is 15.0 Å². The zero-order valence-electron chi connectivity index (χ0n) is 13.5. The molecule has 1 N–H and O–H groups in total. The van der Waals surface area contributed by atoms with Crippen LogP contribution in [0.5, 0.6) is 0 Å². The predicted molar refractivity (Wildman–Crippen MR) is 86.4 cm³/mol. The van der Waals surface area contributed by atoms with Gasteiger partial charge in [-0.1, -0.05) is 11.6 Å². The number of hydrogen-bond acceptors (Lipinski definition) is 5. The second-order valence-electron chi connectivity index (χ2n) is 6.52. The minimum Gasteiger partial charge on any atom is -0.444 e. The first kappa shape index (κ1) is 16.8. The van der Waals surface area contributed by atoms with E-state index < -0.39 is 11.7 Å². The maximum Gasteiger partial charge on any atom is 0.407 e. The maximum absolute atomic E-state index is 11.8. The number of aryl methyl sites for hydroxylation is 1. The van der Waals surface area contributed by atoms with Gasteiger partial charge in [0.25, 0.3) is 0 Å². The number of carbonyl (C=O) groups is 1. The molecule has 0 bridgehead atoms. The summed E-state index contributed by atoms with van der Waals surface area (Å²) in [6, 6.07) is 0.159. The molecule has 1 aliphatic rings. The quantitative estimate of drug-likeness (QED) is 0.865. The van der Waals surface area contributed by atoms with Crippen LogP contribution >= 0.6 is 11.6 Å². The highest BCUT2D eigenvalue weighted by molar-refractivity contribution is 6.30. The molecule has 0 spiro atoms. The highest BCUT2D eigenvalue weighted by atomic mass is 35.5. The first-order valence-electron chi connectivity index (χ1n) is 7.49. The lowest BCUT2D eigenvalue weighted by molar-refractivity contribution is 0.0525. The molecular formula is C15H23ClN4O2. The van der Waals surface area contributed by atoms with Crippen molar-refractivity contribution >= 4 is 23.6 Å². The number of carbonyl (C=O) groups excluding carboxylic acids is 1. The lowest BCUT2D eigenvalue weighted by Gasteiger charge is -2.26. The Labute approximate surface area is 136 Å². The predicted octanol–water partition coefficient (Wildman–Crippen LogP) is 2.93. The van der Waals surface area contributed by atoms with Gasteiger partial charge in [-0.2, -0.15) is 0 Å². The van der Waals surface area contributed by atoms with Crippen molar-refractivity contribution in [3.63, 3.8) is 0 Å². The highest BCUT2D eigenvalue weighted by Crippen LogP contribution is 2.24.